The Labute approximate surface area is 97.8 Å². The van der Waals surface area contributed by atoms with Crippen molar-refractivity contribution in [3.8, 4) is 0 Å². The van der Waals surface area contributed by atoms with Gasteiger partial charge in [-0.2, -0.15) is 17.9 Å². The maximum Gasteiger partial charge on any atom is 0.277 e. The van der Waals surface area contributed by atoms with E-state index in [2.05, 4.69) is 9.44 Å². The molecule has 1 aliphatic rings. The van der Waals surface area contributed by atoms with E-state index in [9.17, 15) is 8.42 Å². The Morgan fingerprint density at radius 2 is 1.94 bits per heavy atom. The molecule has 2 atom stereocenters. The maximum atomic E-state index is 11.8. The second-order valence-corrected chi connectivity index (χ2v) is 6.90. The molecule has 1 rings (SSSR count). The molecule has 5 nitrogen and oxygen atoms in total. The van der Waals surface area contributed by atoms with Crippen LogP contribution in [0, 0.1) is 5.92 Å². The van der Waals surface area contributed by atoms with Crippen LogP contribution in [0.15, 0.2) is 0 Å². The topological polar surface area (TPSA) is 78.4 Å². The van der Waals surface area contributed by atoms with Gasteiger partial charge in [-0.1, -0.05) is 6.42 Å². The van der Waals surface area contributed by atoms with Gasteiger partial charge >= 0.3 is 0 Å². The minimum absolute atomic E-state index is 0.0443. The first kappa shape index (κ1) is 13.9. The van der Waals surface area contributed by atoms with Crippen LogP contribution in [0.2, 0.25) is 0 Å². The van der Waals surface area contributed by atoms with Crippen molar-refractivity contribution in [2.24, 2.45) is 5.92 Å². The predicted molar refractivity (Wildman–Crippen MR) is 63.2 cm³/mol. The summed E-state index contributed by atoms with van der Waals surface area (Å²) >= 11 is 0. The van der Waals surface area contributed by atoms with Crippen molar-refractivity contribution in [3.05, 3.63) is 0 Å². The van der Waals surface area contributed by atoms with Crippen LogP contribution < -0.4 is 9.44 Å². The molecule has 0 aromatic rings. The van der Waals surface area contributed by atoms with Gasteiger partial charge in [0.05, 0.1) is 0 Å². The van der Waals surface area contributed by atoms with Gasteiger partial charge in [0.2, 0.25) is 0 Å². The smallest absolute Gasteiger partial charge is 0.277 e. The SMILES string of the molecule is CC(C)(C)NS(=O)(=O)NC1CCCC1CO. The van der Waals surface area contributed by atoms with Gasteiger partial charge in [0, 0.05) is 18.2 Å². The maximum absolute atomic E-state index is 11.8. The zero-order valence-corrected chi connectivity index (χ0v) is 11.0. The van der Waals surface area contributed by atoms with Gasteiger partial charge in [-0.15, -0.1) is 0 Å². The fraction of sp³-hybridized carbons (Fsp3) is 1.00. The van der Waals surface area contributed by atoms with Crippen molar-refractivity contribution in [2.45, 2.75) is 51.6 Å². The van der Waals surface area contributed by atoms with Crippen LogP contribution in [0.3, 0.4) is 0 Å². The molecule has 3 N–H and O–H groups in total. The molecule has 0 spiro atoms. The van der Waals surface area contributed by atoms with Gasteiger partial charge < -0.3 is 5.11 Å². The largest absolute Gasteiger partial charge is 0.396 e. The van der Waals surface area contributed by atoms with Crippen LogP contribution >= 0.6 is 0 Å². The van der Waals surface area contributed by atoms with Crippen molar-refractivity contribution in [2.75, 3.05) is 6.61 Å². The summed E-state index contributed by atoms with van der Waals surface area (Å²) in [6.07, 6.45) is 2.66. The summed E-state index contributed by atoms with van der Waals surface area (Å²) in [5.74, 6) is 0.0524. The summed E-state index contributed by atoms with van der Waals surface area (Å²) in [5.41, 5.74) is -0.487. The third kappa shape index (κ3) is 4.37. The first-order chi connectivity index (χ1) is 7.23. The van der Waals surface area contributed by atoms with E-state index in [1.165, 1.54) is 0 Å². The van der Waals surface area contributed by atoms with E-state index < -0.39 is 15.7 Å². The molecule has 6 heteroatoms. The molecule has 0 aromatic heterocycles. The highest BCUT2D eigenvalue weighted by Gasteiger charge is 2.31. The molecule has 0 radical (unpaired) electrons. The van der Waals surface area contributed by atoms with Crippen molar-refractivity contribution in [3.63, 3.8) is 0 Å². The highest BCUT2D eigenvalue weighted by Crippen LogP contribution is 2.25. The van der Waals surface area contributed by atoms with Crippen molar-refractivity contribution in [1.82, 2.24) is 9.44 Å². The summed E-state index contributed by atoms with van der Waals surface area (Å²) in [4.78, 5) is 0. The molecule has 0 aromatic carbocycles. The number of aliphatic hydroxyl groups is 1. The monoisotopic (exact) mass is 250 g/mol. The van der Waals surface area contributed by atoms with Gasteiger partial charge in [0.1, 0.15) is 0 Å². The Kier molecular flexibility index (Phi) is 4.34. The molecule has 0 heterocycles. The van der Waals surface area contributed by atoms with E-state index in [1.807, 2.05) is 0 Å². The third-order valence-electron chi connectivity index (χ3n) is 2.64. The molecule has 16 heavy (non-hydrogen) atoms. The van der Waals surface area contributed by atoms with Crippen molar-refractivity contribution < 1.29 is 13.5 Å². The lowest BCUT2D eigenvalue weighted by Gasteiger charge is -2.24. The third-order valence-corrected chi connectivity index (χ3v) is 4.13. The summed E-state index contributed by atoms with van der Waals surface area (Å²) in [7, 11) is -3.48. The van der Waals surface area contributed by atoms with Gasteiger partial charge in [-0.25, -0.2) is 0 Å². The van der Waals surface area contributed by atoms with Gasteiger partial charge in [0.25, 0.3) is 10.2 Å². The summed E-state index contributed by atoms with van der Waals surface area (Å²) < 4.78 is 28.7. The normalized spacial score (nSPS) is 27.2. The lowest BCUT2D eigenvalue weighted by molar-refractivity contribution is 0.213. The molecule has 0 aliphatic heterocycles. The molecular weight excluding hydrogens is 228 g/mol. The van der Waals surface area contributed by atoms with Crippen LogP contribution in [0.25, 0.3) is 0 Å². The number of hydrogen-bond donors (Lipinski definition) is 3. The zero-order valence-electron chi connectivity index (χ0n) is 10.2. The Hall–Kier alpha value is -0.170. The number of rotatable bonds is 4. The summed E-state index contributed by atoms with van der Waals surface area (Å²) in [6.45, 7) is 5.43. The lowest BCUT2D eigenvalue weighted by atomic mass is 10.1. The van der Waals surface area contributed by atoms with E-state index in [-0.39, 0.29) is 18.6 Å². The van der Waals surface area contributed by atoms with E-state index >= 15 is 0 Å². The standard InChI is InChI=1S/C10H22N2O3S/c1-10(2,3)12-16(14,15)11-9-6-4-5-8(9)7-13/h8-9,11-13H,4-7H2,1-3H3. The first-order valence-corrected chi connectivity index (χ1v) is 7.14. The summed E-state index contributed by atoms with van der Waals surface area (Å²) in [5, 5.41) is 9.11. The minimum Gasteiger partial charge on any atom is -0.396 e. The second-order valence-electron chi connectivity index (χ2n) is 5.45. The Balaban J connectivity index is 2.59. The fourth-order valence-corrected chi connectivity index (χ4v) is 3.62. The van der Waals surface area contributed by atoms with E-state index in [1.54, 1.807) is 20.8 Å². The van der Waals surface area contributed by atoms with Crippen molar-refractivity contribution >= 4 is 10.2 Å². The quantitative estimate of drug-likeness (QED) is 0.674. The van der Waals surface area contributed by atoms with Crippen molar-refractivity contribution in [1.29, 1.82) is 0 Å². The van der Waals surface area contributed by atoms with Gasteiger partial charge in [0.15, 0.2) is 0 Å². The average molecular weight is 250 g/mol. The highest BCUT2D eigenvalue weighted by atomic mass is 32.2. The molecule has 0 bridgehead atoms. The summed E-state index contributed by atoms with van der Waals surface area (Å²) in [6, 6.07) is -0.134. The Bertz CT molecular complexity index is 321. The molecule has 1 aliphatic carbocycles. The van der Waals surface area contributed by atoms with E-state index in [0.29, 0.717) is 0 Å². The van der Waals surface area contributed by atoms with E-state index in [0.717, 1.165) is 19.3 Å². The van der Waals surface area contributed by atoms with Gasteiger partial charge in [-0.05, 0) is 39.5 Å². The molecular formula is C10H22N2O3S. The fourth-order valence-electron chi connectivity index (χ4n) is 2.04. The van der Waals surface area contributed by atoms with Gasteiger partial charge in [-0.3, -0.25) is 0 Å². The molecule has 2 unspecified atom stereocenters. The van der Waals surface area contributed by atoms with Crippen LogP contribution in [0.1, 0.15) is 40.0 Å². The molecule has 0 amide bonds. The van der Waals surface area contributed by atoms with Crippen LogP contribution in [0.5, 0.6) is 0 Å². The average Bonchev–Trinajstić information content (AvgIpc) is 2.45. The molecule has 1 saturated carbocycles. The lowest BCUT2D eigenvalue weighted by Crippen LogP contribution is -2.50. The first-order valence-electron chi connectivity index (χ1n) is 5.65. The Morgan fingerprint density at radius 3 is 2.44 bits per heavy atom. The number of aliphatic hydroxyl groups excluding tert-OH is 1. The van der Waals surface area contributed by atoms with Crippen LogP contribution in [-0.4, -0.2) is 31.7 Å². The highest BCUT2D eigenvalue weighted by molar-refractivity contribution is 7.87. The zero-order chi connectivity index (χ0) is 12.4. The minimum atomic E-state index is -3.48. The second kappa shape index (κ2) is 5.00. The molecule has 0 saturated heterocycles. The predicted octanol–water partition coefficient (Wildman–Crippen LogP) is 0.370. The number of hydrogen-bond acceptors (Lipinski definition) is 3. The van der Waals surface area contributed by atoms with E-state index in [4.69, 9.17) is 5.11 Å². The molecule has 96 valence electrons. The van der Waals surface area contributed by atoms with Crippen LogP contribution in [-0.2, 0) is 10.2 Å². The van der Waals surface area contributed by atoms with Crippen LogP contribution in [0.4, 0.5) is 0 Å². The molecule has 1 fully saturated rings. The number of nitrogens with one attached hydrogen (secondary N) is 2. The Morgan fingerprint density at radius 1 is 1.31 bits per heavy atom.